The van der Waals surface area contributed by atoms with Gasteiger partial charge in [-0.05, 0) is 152 Å². The van der Waals surface area contributed by atoms with Gasteiger partial charge in [-0.2, -0.15) is 0 Å². The zero-order valence-electron chi connectivity index (χ0n) is 71.7. The number of unbranched alkanes of at least 4 members (excludes halogenated alkanes) is 19. The van der Waals surface area contributed by atoms with E-state index in [1.807, 2.05) is 0 Å². The molecule has 0 bridgehead atoms. The molecule has 0 heterocycles. The molecule has 0 aromatic rings. The number of hydrogen-bond acceptors (Lipinski definition) is 16. The van der Waals surface area contributed by atoms with Crippen molar-refractivity contribution in [2.75, 3.05) is 65.8 Å². The van der Waals surface area contributed by atoms with Crippen LogP contribution in [-0.4, -0.2) is 116 Å². The van der Waals surface area contributed by atoms with Gasteiger partial charge in [0.2, 0.25) is 0 Å². The summed E-state index contributed by atoms with van der Waals surface area (Å²) < 4.78 is 36.6. The molecule has 16 nitrogen and oxygen atoms in total. The summed E-state index contributed by atoms with van der Waals surface area (Å²) in [5.41, 5.74) is 10.7. The molecule has 2 radical (unpaired) electrons. The first-order valence-electron chi connectivity index (χ1n) is 42.8. The van der Waals surface area contributed by atoms with Crippen LogP contribution in [0.5, 0.6) is 0 Å². The van der Waals surface area contributed by atoms with Gasteiger partial charge in [0.25, 0.3) is 0 Å². The van der Waals surface area contributed by atoms with E-state index >= 15 is 0 Å². The van der Waals surface area contributed by atoms with Crippen LogP contribution < -0.4 is 16.8 Å². The Labute approximate surface area is 655 Å². The van der Waals surface area contributed by atoms with Crippen molar-refractivity contribution >= 4 is 49.9 Å². The third kappa shape index (κ3) is 113. The van der Waals surface area contributed by atoms with Crippen molar-refractivity contribution in [3.8, 4) is 0 Å². The van der Waals surface area contributed by atoms with Crippen molar-refractivity contribution in [1.82, 2.24) is 5.32 Å². The Morgan fingerprint density at radius 2 is 0.695 bits per heavy atom. The Kier molecular flexibility index (Phi) is 120. The zero-order valence-corrected chi connectivity index (χ0v) is 70.7. The van der Waals surface area contributed by atoms with E-state index in [0.29, 0.717) is 83.2 Å². The van der Waals surface area contributed by atoms with Gasteiger partial charge in [-0.15, -0.1) is 0 Å². The molecule has 105 heavy (non-hydrogen) atoms. The molecule has 0 spiro atoms. The summed E-state index contributed by atoms with van der Waals surface area (Å²) in [6.45, 7) is 46.2. The van der Waals surface area contributed by atoms with E-state index < -0.39 is 6.26 Å². The number of carbonyl (C=O) groups is 7. The molecular weight excluding hydrogens is 1320 g/mol. The van der Waals surface area contributed by atoms with E-state index in [1.165, 1.54) is 180 Å². The lowest BCUT2D eigenvalue weighted by Gasteiger charge is -2.15. The van der Waals surface area contributed by atoms with Crippen LogP contribution >= 0.6 is 0 Å². The number of rotatable bonds is 63. The summed E-state index contributed by atoms with van der Waals surface area (Å²) in [5.74, 6) is 2.14. The standard InChI is InChI=1S/C29H57NO4.C16H32O2.C12H18O4.C11H20O2.C8H19N.C5H11B.C4H11N.C2H4O.CH4.H2/c1-5-9-17-26(7-3)19-13-14-20-28(31)33-23-15-11-12-16-24-34-29(32)21-22-30-25-27(8-4)18-10-6-2;1-4-7-9-10-11-13-16(17)18-14-15(6-3)12-8-5-2;1-3-11(13)15-9-7-5-6-8-10-16-12(14)4-2;1-4-7-8-10(5-2)9-13-11(12)6-3;1-3-5-6-8(4-2)7-9;1-2-3-4-5-6;1-2-3-4-5;1-2-3;;/h26-27,30H,5-25H2,1-4H3;15H,4-14H2,1-3H3;3-4H,1-2,5-10H2;6,10H,3-5,7-9H2,1-2H3;8H,3-7,9H2,1-2H3;2-5H2,1H3;2-5H2,1H3;2H,1H3;1H4;1H/i;;;;;;;2D;;. The molecule has 0 fully saturated rings. The van der Waals surface area contributed by atoms with E-state index in [4.69, 9.17) is 53.9 Å². The van der Waals surface area contributed by atoms with Crippen LogP contribution in [0, 0.1) is 29.6 Å². The zero-order chi connectivity index (χ0) is 80.9. The van der Waals surface area contributed by atoms with Crippen molar-refractivity contribution in [3.63, 3.8) is 0 Å². The van der Waals surface area contributed by atoms with Crippen LogP contribution in [0.4, 0.5) is 0 Å². The predicted molar refractivity (Wildman–Crippen MR) is 453 cm³/mol. The molecule has 0 rings (SSSR count). The summed E-state index contributed by atoms with van der Waals surface area (Å²) in [4.78, 5) is 76.4. The fraction of sp³-hybridized carbons (Fsp3) is 0.852. The number of ether oxygens (including phenoxy) is 6. The van der Waals surface area contributed by atoms with Gasteiger partial charge < -0.3 is 50.0 Å². The first-order valence-corrected chi connectivity index (χ1v) is 42.3. The molecule has 5 N–H and O–H groups in total. The van der Waals surface area contributed by atoms with Gasteiger partial charge in [-0.25, -0.2) is 14.4 Å². The third-order valence-electron chi connectivity index (χ3n) is 17.6. The van der Waals surface area contributed by atoms with E-state index in [0.717, 1.165) is 146 Å². The van der Waals surface area contributed by atoms with Gasteiger partial charge in [0.1, 0.15) is 7.63 Å². The monoisotopic (exact) mass is 1500 g/mol. The number of nitrogens with one attached hydrogen (secondary N) is 1. The van der Waals surface area contributed by atoms with Crippen LogP contribution in [-0.2, 0) is 62.0 Å². The first-order chi connectivity index (χ1) is 50.7. The maximum atomic E-state index is 11.9. The highest BCUT2D eigenvalue weighted by Gasteiger charge is 2.13. The lowest BCUT2D eigenvalue weighted by molar-refractivity contribution is -0.145. The van der Waals surface area contributed by atoms with Crippen LogP contribution in [0.1, 0.15) is 390 Å². The normalized spacial score (nSPS) is 11.6. The second-order valence-electron chi connectivity index (χ2n) is 27.1. The molecular formula is C88H178BN3O13. The van der Waals surface area contributed by atoms with Crippen molar-refractivity contribution in [3.05, 3.63) is 38.0 Å². The van der Waals surface area contributed by atoms with E-state index in [1.54, 1.807) is 0 Å². The van der Waals surface area contributed by atoms with Crippen molar-refractivity contribution in [2.24, 2.45) is 41.1 Å². The maximum Gasteiger partial charge on any atom is 0.330 e. The smallest absolute Gasteiger partial charge is 0.330 e. The Morgan fingerprint density at radius 3 is 1.05 bits per heavy atom. The molecule has 0 aromatic heterocycles. The molecule has 0 saturated heterocycles. The maximum absolute atomic E-state index is 11.9. The van der Waals surface area contributed by atoms with Gasteiger partial charge in [-0.3, -0.25) is 14.4 Å². The number of esters is 6. The molecule has 0 amide bonds. The molecule has 5 atom stereocenters. The fourth-order valence-corrected chi connectivity index (χ4v) is 10.1. The average molecular weight is 1500 g/mol. The molecule has 0 aliphatic carbocycles. The van der Waals surface area contributed by atoms with Gasteiger partial charge in [0, 0.05) is 39.0 Å². The van der Waals surface area contributed by atoms with Crippen LogP contribution in [0.2, 0.25) is 6.32 Å². The molecule has 0 aliphatic rings. The number of aldehydes is 1. The fourth-order valence-electron chi connectivity index (χ4n) is 10.1. The second kappa shape index (κ2) is 108. The van der Waals surface area contributed by atoms with Gasteiger partial charge >= 0.3 is 35.8 Å². The number of carbonyl (C=O) groups excluding carboxylic acids is 7. The average Bonchev–Trinajstić information content (AvgIpc) is 2.58. The second-order valence-corrected chi connectivity index (χ2v) is 27.1. The highest BCUT2D eigenvalue weighted by Crippen LogP contribution is 2.21. The summed E-state index contributed by atoms with van der Waals surface area (Å²) >= 11 is 0. The lowest BCUT2D eigenvalue weighted by atomic mass is 9.93. The van der Waals surface area contributed by atoms with E-state index in [-0.39, 0.29) is 44.7 Å². The first kappa shape index (κ1) is 116. The van der Waals surface area contributed by atoms with Crippen LogP contribution in [0.15, 0.2) is 38.0 Å². The summed E-state index contributed by atoms with van der Waals surface area (Å²) in [6, 6.07) is 0. The molecule has 17 heteroatoms. The van der Waals surface area contributed by atoms with E-state index in [9.17, 15) is 28.8 Å². The third-order valence-corrected chi connectivity index (χ3v) is 17.6. The van der Waals surface area contributed by atoms with Gasteiger partial charge in [-0.1, -0.05) is 290 Å². The minimum Gasteiger partial charge on any atom is -0.466 e. The molecule has 0 aromatic carbocycles. The van der Waals surface area contributed by atoms with Gasteiger partial charge in [0.15, 0.2) is 0 Å². The highest BCUT2D eigenvalue weighted by atomic mass is 16.5. The Bertz CT molecular complexity index is 1770. The van der Waals surface area contributed by atoms with Crippen molar-refractivity contribution < 1.29 is 64.8 Å². The molecule has 5 unspecified atom stereocenters. The SMILES string of the molecule is C.C=CC(=O)OCC(CC)CCCC.C=CC(=O)OCCCCCCOC(=O)C=C.CCCCC(CC)CCCCC(=O)OCCCCCCOC(=O)CCNCC(CC)CCCC.CCCCC(CC)CN.CCCCCCCC(=O)OCC(CC)CCCC.CCCCN.[2H]C(C)=O.[B]CCCCC.[HH]. The Hall–Kier alpha value is -4.35. The lowest BCUT2D eigenvalue weighted by Crippen LogP contribution is -2.25. The van der Waals surface area contributed by atoms with Gasteiger partial charge in [0.05, 0.1) is 53.9 Å². The Balaban J connectivity index is -0.000000138. The number of nitrogens with two attached hydrogens (primary N) is 2. The van der Waals surface area contributed by atoms with Crippen LogP contribution in [0.3, 0.4) is 0 Å². The topological polar surface area (TPSA) is 239 Å². The van der Waals surface area contributed by atoms with Crippen molar-refractivity contribution in [2.45, 2.75) is 393 Å². The quantitative estimate of drug-likeness (QED) is 0.0128. The summed E-state index contributed by atoms with van der Waals surface area (Å²) in [6.07, 6.45) is 52.8. The molecule has 626 valence electrons. The highest BCUT2D eigenvalue weighted by molar-refractivity contribution is 6.08. The van der Waals surface area contributed by atoms with E-state index in [2.05, 4.69) is 115 Å². The van der Waals surface area contributed by atoms with Crippen LogP contribution in [0.25, 0.3) is 0 Å². The minimum atomic E-state index is -0.583. The molecule has 0 saturated carbocycles. The summed E-state index contributed by atoms with van der Waals surface area (Å²) in [5, 5.41) is 3.40. The Morgan fingerprint density at radius 1 is 0.390 bits per heavy atom. The van der Waals surface area contributed by atoms with Crippen molar-refractivity contribution in [1.29, 1.82) is 0 Å². The summed E-state index contributed by atoms with van der Waals surface area (Å²) in [7, 11) is 5.21. The largest absolute Gasteiger partial charge is 0.466 e. The number of hydrogen-bond donors (Lipinski definition) is 3. The minimum absolute atomic E-state index is 0. The molecule has 0 aliphatic heterocycles. The predicted octanol–water partition coefficient (Wildman–Crippen LogP) is 23.4.